The maximum Gasteiger partial charge on any atom is 0.226 e. The Morgan fingerprint density at radius 1 is 1.04 bits per heavy atom. The zero-order valence-electron chi connectivity index (χ0n) is 14.0. The van der Waals surface area contributed by atoms with Crippen molar-refractivity contribution in [2.45, 2.75) is 38.0 Å². The van der Waals surface area contributed by atoms with Gasteiger partial charge >= 0.3 is 0 Å². The standard InChI is InChI=1S/C20H28N2O/c23-20(19-13-18(19)17-7-3-1-4-8-17)22-12-9-16(15-22)14-21-10-5-2-6-11-21/h1,3-4,7-8,16,18-19H,2,5-6,9-15H2/t16-,18-,19-/m1/s1. The Hall–Kier alpha value is -1.35. The first-order valence-electron chi connectivity index (χ1n) is 9.37. The van der Waals surface area contributed by atoms with E-state index < -0.39 is 0 Å². The summed E-state index contributed by atoms with van der Waals surface area (Å²) >= 11 is 0. The van der Waals surface area contributed by atoms with Crippen LogP contribution in [0.2, 0.25) is 0 Å². The van der Waals surface area contributed by atoms with Crippen LogP contribution >= 0.6 is 0 Å². The van der Waals surface area contributed by atoms with E-state index in [-0.39, 0.29) is 5.92 Å². The van der Waals surface area contributed by atoms with Crippen LogP contribution in [0.5, 0.6) is 0 Å². The SMILES string of the molecule is O=C([C@@H]1C[C@@H]1c1ccccc1)N1CC[C@H](CN2CCCCC2)C1. The van der Waals surface area contributed by atoms with E-state index in [4.69, 9.17) is 0 Å². The highest BCUT2D eigenvalue weighted by Crippen LogP contribution is 2.48. The Balaban J connectivity index is 1.27. The maximum atomic E-state index is 12.7. The topological polar surface area (TPSA) is 23.6 Å². The van der Waals surface area contributed by atoms with E-state index in [0.29, 0.717) is 17.7 Å². The predicted molar refractivity (Wildman–Crippen MR) is 92.3 cm³/mol. The Kier molecular flexibility index (Phi) is 4.39. The van der Waals surface area contributed by atoms with Crippen LogP contribution in [0.4, 0.5) is 0 Å². The summed E-state index contributed by atoms with van der Waals surface area (Å²) in [5.74, 6) is 1.85. The Morgan fingerprint density at radius 2 is 1.83 bits per heavy atom. The molecule has 3 atom stereocenters. The third kappa shape index (κ3) is 3.45. The van der Waals surface area contributed by atoms with Crippen LogP contribution in [0.1, 0.15) is 43.6 Å². The highest BCUT2D eigenvalue weighted by Gasteiger charge is 2.46. The molecule has 0 radical (unpaired) electrons. The first-order chi connectivity index (χ1) is 11.3. The summed E-state index contributed by atoms with van der Waals surface area (Å²) < 4.78 is 0. The van der Waals surface area contributed by atoms with Crippen molar-refractivity contribution in [3.8, 4) is 0 Å². The molecule has 0 aromatic heterocycles. The van der Waals surface area contributed by atoms with Gasteiger partial charge in [-0.15, -0.1) is 0 Å². The second-order valence-electron chi connectivity index (χ2n) is 7.66. The van der Waals surface area contributed by atoms with E-state index in [0.717, 1.165) is 19.5 Å². The molecule has 2 saturated heterocycles. The summed E-state index contributed by atoms with van der Waals surface area (Å²) in [4.78, 5) is 17.5. The Bertz CT molecular complexity index is 538. The molecule has 0 bridgehead atoms. The third-order valence-corrected chi connectivity index (χ3v) is 5.90. The molecule has 3 fully saturated rings. The van der Waals surface area contributed by atoms with Crippen LogP contribution in [0.25, 0.3) is 0 Å². The fourth-order valence-electron chi connectivity index (χ4n) is 4.46. The fourth-order valence-corrected chi connectivity index (χ4v) is 4.46. The zero-order chi connectivity index (χ0) is 15.6. The van der Waals surface area contributed by atoms with E-state index in [1.807, 2.05) is 6.07 Å². The molecule has 3 nitrogen and oxygen atoms in total. The maximum absolute atomic E-state index is 12.7. The molecule has 1 aromatic rings. The van der Waals surface area contributed by atoms with Crippen LogP contribution < -0.4 is 0 Å². The first-order valence-corrected chi connectivity index (χ1v) is 9.37. The molecule has 1 saturated carbocycles. The minimum atomic E-state index is 0.256. The number of likely N-dealkylation sites (tertiary alicyclic amines) is 2. The van der Waals surface area contributed by atoms with Crippen LogP contribution in [-0.4, -0.2) is 48.4 Å². The van der Waals surface area contributed by atoms with Gasteiger partial charge in [0.1, 0.15) is 0 Å². The molecular weight excluding hydrogens is 284 g/mol. The van der Waals surface area contributed by atoms with Crippen LogP contribution in [0.3, 0.4) is 0 Å². The van der Waals surface area contributed by atoms with Crippen molar-refractivity contribution in [2.75, 3.05) is 32.7 Å². The molecule has 2 heterocycles. The molecule has 2 aliphatic heterocycles. The quantitative estimate of drug-likeness (QED) is 0.853. The molecule has 0 spiro atoms. The number of nitrogens with zero attached hydrogens (tertiary/aromatic N) is 2. The smallest absolute Gasteiger partial charge is 0.226 e. The fraction of sp³-hybridized carbons (Fsp3) is 0.650. The predicted octanol–water partition coefficient (Wildman–Crippen LogP) is 3.12. The molecule has 0 unspecified atom stereocenters. The van der Waals surface area contributed by atoms with E-state index in [2.05, 4.69) is 34.1 Å². The Morgan fingerprint density at radius 3 is 2.61 bits per heavy atom. The number of hydrogen-bond acceptors (Lipinski definition) is 2. The van der Waals surface area contributed by atoms with Crippen molar-refractivity contribution in [3.63, 3.8) is 0 Å². The lowest BCUT2D eigenvalue weighted by Gasteiger charge is -2.29. The summed E-state index contributed by atoms with van der Waals surface area (Å²) in [5, 5.41) is 0. The van der Waals surface area contributed by atoms with Gasteiger partial charge in [-0.25, -0.2) is 0 Å². The van der Waals surface area contributed by atoms with Crippen molar-refractivity contribution in [3.05, 3.63) is 35.9 Å². The summed E-state index contributed by atoms with van der Waals surface area (Å²) in [5.41, 5.74) is 1.34. The molecule has 23 heavy (non-hydrogen) atoms. The summed E-state index contributed by atoms with van der Waals surface area (Å²) in [6.07, 6.45) is 6.36. The Labute approximate surface area is 139 Å². The van der Waals surface area contributed by atoms with Crippen LogP contribution in [0.15, 0.2) is 30.3 Å². The van der Waals surface area contributed by atoms with E-state index in [1.165, 1.54) is 50.9 Å². The number of amides is 1. The first kappa shape index (κ1) is 15.2. The van der Waals surface area contributed by atoms with Gasteiger partial charge < -0.3 is 9.80 Å². The van der Waals surface area contributed by atoms with Crippen molar-refractivity contribution in [2.24, 2.45) is 11.8 Å². The number of piperidine rings is 1. The van der Waals surface area contributed by atoms with Gasteiger partial charge in [0, 0.05) is 25.6 Å². The molecule has 124 valence electrons. The van der Waals surface area contributed by atoms with Crippen molar-refractivity contribution < 1.29 is 4.79 Å². The van der Waals surface area contributed by atoms with Gasteiger partial charge in [-0.1, -0.05) is 36.8 Å². The van der Waals surface area contributed by atoms with Gasteiger partial charge in [0.05, 0.1) is 0 Å². The molecule has 1 amide bonds. The highest BCUT2D eigenvalue weighted by atomic mass is 16.2. The second-order valence-corrected chi connectivity index (χ2v) is 7.66. The van der Waals surface area contributed by atoms with Crippen molar-refractivity contribution in [1.82, 2.24) is 9.80 Å². The number of rotatable bonds is 4. The van der Waals surface area contributed by atoms with Gasteiger partial charge in [-0.05, 0) is 56.2 Å². The number of benzene rings is 1. The number of hydrogen-bond donors (Lipinski definition) is 0. The highest BCUT2D eigenvalue weighted by molar-refractivity contribution is 5.83. The van der Waals surface area contributed by atoms with Gasteiger partial charge in [0.25, 0.3) is 0 Å². The summed E-state index contributed by atoms with van der Waals surface area (Å²) in [6.45, 7) is 5.71. The molecule has 4 rings (SSSR count). The van der Waals surface area contributed by atoms with Gasteiger partial charge in [-0.2, -0.15) is 0 Å². The van der Waals surface area contributed by atoms with Crippen molar-refractivity contribution in [1.29, 1.82) is 0 Å². The minimum absolute atomic E-state index is 0.256. The molecule has 3 aliphatic rings. The molecular formula is C20H28N2O. The van der Waals surface area contributed by atoms with E-state index >= 15 is 0 Å². The number of carbonyl (C=O) groups is 1. The van der Waals surface area contributed by atoms with Gasteiger partial charge in [-0.3, -0.25) is 4.79 Å². The number of carbonyl (C=O) groups excluding carboxylic acids is 1. The average Bonchev–Trinajstić information content (AvgIpc) is 3.28. The van der Waals surface area contributed by atoms with E-state index in [1.54, 1.807) is 0 Å². The van der Waals surface area contributed by atoms with Gasteiger partial charge in [0.15, 0.2) is 0 Å². The second kappa shape index (κ2) is 6.64. The molecule has 1 aromatic carbocycles. The lowest BCUT2D eigenvalue weighted by atomic mass is 10.1. The lowest BCUT2D eigenvalue weighted by molar-refractivity contribution is -0.131. The minimum Gasteiger partial charge on any atom is -0.342 e. The monoisotopic (exact) mass is 312 g/mol. The van der Waals surface area contributed by atoms with Crippen LogP contribution in [-0.2, 0) is 4.79 Å². The molecule has 1 aliphatic carbocycles. The summed E-state index contributed by atoms with van der Waals surface area (Å²) in [7, 11) is 0. The molecule has 3 heteroatoms. The van der Waals surface area contributed by atoms with Crippen LogP contribution in [0, 0.1) is 11.8 Å². The largest absolute Gasteiger partial charge is 0.342 e. The normalized spacial score (nSPS) is 31.3. The van der Waals surface area contributed by atoms with Gasteiger partial charge in [0.2, 0.25) is 5.91 Å². The average molecular weight is 312 g/mol. The summed E-state index contributed by atoms with van der Waals surface area (Å²) in [6, 6.07) is 10.6. The molecule has 0 N–H and O–H groups in total. The zero-order valence-corrected chi connectivity index (χ0v) is 14.0. The van der Waals surface area contributed by atoms with Crippen molar-refractivity contribution >= 4 is 5.91 Å². The third-order valence-electron chi connectivity index (χ3n) is 5.90. The van der Waals surface area contributed by atoms with E-state index in [9.17, 15) is 4.79 Å². The lowest BCUT2D eigenvalue weighted by Crippen LogP contribution is -2.36.